The van der Waals surface area contributed by atoms with Crippen molar-refractivity contribution >= 4 is 5.97 Å². The highest BCUT2D eigenvalue weighted by Gasteiger charge is 2.26. The molecule has 0 aromatic heterocycles. The molecule has 0 saturated heterocycles. The van der Waals surface area contributed by atoms with E-state index < -0.39 is 12.0 Å². The van der Waals surface area contributed by atoms with Crippen molar-refractivity contribution in [3.8, 4) is 0 Å². The number of carbonyl (C=O) groups is 1. The van der Waals surface area contributed by atoms with E-state index in [0.717, 1.165) is 0 Å². The van der Waals surface area contributed by atoms with Crippen molar-refractivity contribution in [2.24, 2.45) is 0 Å². The molecule has 2 unspecified atom stereocenters. The van der Waals surface area contributed by atoms with Crippen LogP contribution >= 0.6 is 0 Å². The van der Waals surface area contributed by atoms with Gasteiger partial charge in [0.15, 0.2) is 0 Å². The molecular formula is C14H18FNO2. The van der Waals surface area contributed by atoms with E-state index in [9.17, 15) is 9.18 Å². The van der Waals surface area contributed by atoms with Crippen molar-refractivity contribution < 1.29 is 13.9 Å². The first-order valence-electron chi connectivity index (χ1n) is 5.69. The Morgan fingerprint density at radius 2 is 2.11 bits per heavy atom. The van der Waals surface area contributed by atoms with E-state index in [4.69, 9.17) is 4.74 Å². The van der Waals surface area contributed by atoms with Gasteiger partial charge < -0.3 is 4.74 Å². The molecule has 0 N–H and O–H groups in total. The van der Waals surface area contributed by atoms with E-state index in [1.807, 2.05) is 6.92 Å². The average molecular weight is 251 g/mol. The number of nitrogens with zero attached hydrogens (tertiary/aromatic N) is 1. The summed E-state index contributed by atoms with van der Waals surface area (Å²) in [6.07, 6.45) is 1.49. The molecule has 1 rings (SSSR count). The van der Waals surface area contributed by atoms with Crippen LogP contribution in [0.25, 0.3) is 0 Å². The highest BCUT2D eigenvalue weighted by atomic mass is 19.1. The maximum atomic E-state index is 13.7. The fraction of sp³-hybridized carbons (Fsp3) is 0.357. The number of hydrogen-bond donors (Lipinski definition) is 0. The SMILES string of the molecule is C=CC(C(=O)OC)N(C)C(C)c1ccccc1F. The number of rotatable bonds is 5. The lowest BCUT2D eigenvalue weighted by Crippen LogP contribution is -2.39. The Labute approximate surface area is 107 Å². The molecule has 0 heterocycles. The van der Waals surface area contributed by atoms with Crippen LogP contribution in [-0.4, -0.2) is 31.1 Å². The van der Waals surface area contributed by atoms with Gasteiger partial charge in [-0.1, -0.05) is 24.3 Å². The summed E-state index contributed by atoms with van der Waals surface area (Å²) in [5.74, 6) is -0.694. The van der Waals surface area contributed by atoms with Gasteiger partial charge in [0.2, 0.25) is 0 Å². The minimum atomic E-state index is -0.593. The third kappa shape index (κ3) is 2.96. The third-order valence-corrected chi connectivity index (χ3v) is 3.07. The maximum absolute atomic E-state index is 13.7. The molecule has 0 spiro atoms. The molecule has 1 aromatic rings. The van der Waals surface area contributed by atoms with Crippen LogP contribution in [0.3, 0.4) is 0 Å². The molecule has 0 fully saturated rings. The summed E-state index contributed by atoms with van der Waals surface area (Å²) in [6, 6.07) is 5.66. The fourth-order valence-corrected chi connectivity index (χ4v) is 1.82. The Morgan fingerprint density at radius 3 is 2.61 bits per heavy atom. The predicted molar refractivity (Wildman–Crippen MR) is 68.6 cm³/mol. The number of carbonyl (C=O) groups excluding carboxylic acids is 1. The van der Waals surface area contributed by atoms with Gasteiger partial charge in [0.05, 0.1) is 7.11 Å². The second-order valence-corrected chi connectivity index (χ2v) is 4.07. The molecule has 0 amide bonds. The minimum absolute atomic E-state index is 0.256. The molecule has 1 aromatic carbocycles. The lowest BCUT2D eigenvalue weighted by molar-refractivity contribution is -0.145. The van der Waals surface area contributed by atoms with Gasteiger partial charge in [-0.3, -0.25) is 9.69 Å². The van der Waals surface area contributed by atoms with Gasteiger partial charge in [-0.15, -0.1) is 6.58 Å². The number of esters is 1. The summed E-state index contributed by atoms with van der Waals surface area (Å²) in [7, 11) is 3.06. The molecule has 98 valence electrons. The lowest BCUT2D eigenvalue weighted by atomic mass is 10.0. The molecule has 2 atom stereocenters. The van der Waals surface area contributed by atoms with Gasteiger partial charge in [-0.05, 0) is 20.0 Å². The number of benzene rings is 1. The van der Waals surface area contributed by atoms with E-state index in [-0.39, 0.29) is 11.9 Å². The minimum Gasteiger partial charge on any atom is -0.468 e. The van der Waals surface area contributed by atoms with Crippen molar-refractivity contribution in [1.29, 1.82) is 0 Å². The molecule has 0 bridgehead atoms. The Hall–Kier alpha value is -1.68. The molecule has 0 aliphatic carbocycles. The zero-order chi connectivity index (χ0) is 13.7. The molecule has 0 radical (unpaired) electrons. The average Bonchev–Trinajstić information content (AvgIpc) is 2.38. The number of hydrogen-bond acceptors (Lipinski definition) is 3. The van der Waals surface area contributed by atoms with Crippen LogP contribution in [0.1, 0.15) is 18.5 Å². The maximum Gasteiger partial charge on any atom is 0.327 e. The standard InChI is InChI=1S/C14H18FNO2/c1-5-13(14(17)18-4)16(3)10(2)11-8-6-7-9-12(11)15/h5-10,13H,1H2,2-4H3. The van der Waals surface area contributed by atoms with Crippen LogP contribution in [0, 0.1) is 5.82 Å². The van der Waals surface area contributed by atoms with Crippen molar-refractivity contribution in [2.75, 3.05) is 14.2 Å². The van der Waals surface area contributed by atoms with Gasteiger partial charge >= 0.3 is 5.97 Å². The molecule has 0 aliphatic heterocycles. The molecule has 3 nitrogen and oxygen atoms in total. The lowest BCUT2D eigenvalue weighted by Gasteiger charge is -2.29. The normalized spacial score (nSPS) is 14.1. The zero-order valence-corrected chi connectivity index (χ0v) is 10.9. The third-order valence-electron chi connectivity index (χ3n) is 3.07. The number of methoxy groups -OCH3 is 1. The summed E-state index contributed by atoms with van der Waals surface area (Å²) in [4.78, 5) is 13.3. The summed E-state index contributed by atoms with van der Waals surface area (Å²) < 4.78 is 18.4. The second kappa shape index (κ2) is 6.31. The van der Waals surface area contributed by atoms with Gasteiger partial charge in [0, 0.05) is 11.6 Å². The van der Waals surface area contributed by atoms with Crippen LogP contribution in [0.4, 0.5) is 4.39 Å². The van der Waals surface area contributed by atoms with Crippen LogP contribution in [0.15, 0.2) is 36.9 Å². The summed E-state index contributed by atoms with van der Waals surface area (Å²) >= 11 is 0. The van der Waals surface area contributed by atoms with Crippen LogP contribution < -0.4 is 0 Å². The number of halogens is 1. The van der Waals surface area contributed by atoms with Crippen molar-refractivity contribution in [3.05, 3.63) is 48.3 Å². The number of ether oxygens (including phenoxy) is 1. The fourth-order valence-electron chi connectivity index (χ4n) is 1.82. The van der Waals surface area contributed by atoms with Gasteiger partial charge in [0.1, 0.15) is 11.9 Å². The summed E-state index contributed by atoms with van der Waals surface area (Å²) in [5.41, 5.74) is 0.538. The highest BCUT2D eigenvalue weighted by molar-refractivity contribution is 5.77. The summed E-state index contributed by atoms with van der Waals surface area (Å²) in [6.45, 7) is 5.44. The Balaban J connectivity index is 2.96. The quantitative estimate of drug-likeness (QED) is 0.595. The first-order chi connectivity index (χ1) is 8.52. The topological polar surface area (TPSA) is 29.5 Å². The monoisotopic (exact) mass is 251 g/mol. The van der Waals surface area contributed by atoms with E-state index in [0.29, 0.717) is 5.56 Å². The van der Waals surface area contributed by atoms with E-state index in [1.54, 1.807) is 30.1 Å². The van der Waals surface area contributed by atoms with Crippen LogP contribution in [0.5, 0.6) is 0 Å². The molecule has 18 heavy (non-hydrogen) atoms. The zero-order valence-electron chi connectivity index (χ0n) is 10.9. The largest absolute Gasteiger partial charge is 0.468 e. The molecule has 0 saturated carbocycles. The Bertz CT molecular complexity index is 434. The molecular weight excluding hydrogens is 233 g/mol. The Morgan fingerprint density at radius 1 is 1.50 bits per heavy atom. The van der Waals surface area contributed by atoms with E-state index in [1.165, 1.54) is 19.3 Å². The molecule has 4 heteroatoms. The van der Waals surface area contributed by atoms with E-state index >= 15 is 0 Å². The van der Waals surface area contributed by atoms with Crippen LogP contribution in [0.2, 0.25) is 0 Å². The van der Waals surface area contributed by atoms with Crippen molar-refractivity contribution in [3.63, 3.8) is 0 Å². The predicted octanol–water partition coefficient (Wildman–Crippen LogP) is 2.55. The van der Waals surface area contributed by atoms with Crippen molar-refractivity contribution in [2.45, 2.75) is 19.0 Å². The Kier molecular flexibility index (Phi) is 5.04. The van der Waals surface area contributed by atoms with E-state index in [2.05, 4.69) is 6.58 Å². The van der Waals surface area contributed by atoms with Crippen LogP contribution in [-0.2, 0) is 9.53 Å². The van der Waals surface area contributed by atoms with Crippen molar-refractivity contribution in [1.82, 2.24) is 4.90 Å². The summed E-state index contributed by atoms with van der Waals surface area (Å²) in [5, 5.41) is 0. The second-order valence-electron chi connectivity index (χ2n) is 4.07. The molecule has 0 aliphatic rings. The first kappa shape index (κ1) is 14.4. The van der Waals surface area contributed by atoms with Gasteiger partial charge in [0.25, 0.3) is 0 Å². The highest BCUT2D eigenvalue weighted by Crippen LogP contribution is 2.23. The smallest absolute Gasteiger partial charge is 0.327 e. The number of likely N-dealkylation sites (N-methyl/N-ethyl adjacent to an activating group) is 1. The first-order valence-corrected chi connectivity index (χ1v) is 5.69. The van der Waals surface area contributed by atoms with Gasteiger partial charge in [-0.25, -0.2) is 4.39 Å². The van der Waals surface area contributed by atoms with Gasteiger partial charge in [-0.2, -0.15) is 0 Å².